The molecule has 0 amide bonds. The van der Waals surface area contributed by atoms with E-state index in [1.54, 1.807) is 18.3 Å². The van der Waals surface area contributed by atoms with E-state index in [2.05, 4.69) is 4.37 Å². The second-order valence-electron chi connectivity index (χ2n) is 1.74. The standard InChI is InChI=1S/C7H7NOS/c1-2-3-6(9)7-4-5-8-10-7/h2-5H,1H3/b3-2+. The fourth-order valence-electron chi connectivity index (χ4n) is 0.576. The van der Waals surface area contributed by atoms with Crippen molar-refractivity contribution >= 4 is 17.3 Å². The molecule has 0 radical (unpaired) electrons. The van der Waals surface area contributed by atoms with Gasteiger partial charge in [0.1, 0.15) is 0 Å². The molecule has 10 heavy (non-hydrogen) atoms. The highest BCUT2D eigenvalue weighted by atomic mass is 32.1. The number of hydrogen-bond donors (Lipinski definition) is 0. The summed E-state index contributed by atoms with van der Waals surface area (Å²) in [5, 5.41) is 0. The molecule has 2 nitrogen and oxygen atoms in total. The van der Waals surface area contributed by atoms with E-state index in [1.807, 2.05) is 6.92 Å². The summed E-state index contributed by atoms with van der Waals surface area (Å²) in [5.41, 5.74) is 0. The van der Waals surface area contributed by atoms with E-state index in [1.165, 1.54) is 17.6 Å². The summed E-state index contributed by atoms with van der Waals surface area (Å²) < 4.78 is 3.81. The topological polar surface area (TPSA) is 30.0 Å². The Kier molecular flexibility index (Phi) is 2.34. The summed E-state index contributed by atoms with van der Waals surface area (Å²) in [6, 6.07) is 1.72. The summed E-state index contributed by atoms with van der Waals surface area (Å²) in [5.74, 6) is 0.0324. The Labute approximate surface area is 63.4 Å². The number of ketones is 1. The van der Waals surface area contributed by atoms with Crippen molar-refractivity contribution in [1.82, 2.24) is 4.37 Å². The van der Waals surface area contributed by atoms with Gasteiger partial charge in [-0.1, -0.05) is 6.08 Å². The van der Waals surface area contributed by atoms with Gasteiger partial charge in [-0.2, -0.15) is 0 Å². The molecule has 0 saturated carbocycles. The Balaban J connectivity index is 2.78. The van der Waals surface area contributed by atoms with Crippen LogP contribution in [0.15, 0.2) is 24.4 Å². The van der Waals surface area contributed by atoms with E-state index < -0.39 is 0 Å². The lowest BCUT2D eigenvalue weighted by Gasteiger charge is -1.82. The Bertz CT molecular complexity index is 238. The van der Waals surface area contributed by atoms with E-state index in [-0.39, 0.29) is 5.78 Å². The van der Waals surface area contributed by atoms with Gasteiger partial charge in [0.2, 0.25) is 0 Å². The van der Waals surface area contributed by atoms with Crippen LogP contribution in [0.4, 0.5) is 0 Å². The summed E-state index contributed by atoms with van der Waals surface area (Å²) >= 11 is 1.22. The molecule has 0 atom stereocenters. The van der Waals surface area contributed by atoms with E-state index in [4.69, 9.17) is 0 Å². The first-order chi connectivity index (χ1) is 4.84. The summed E-state index contributed by atoms with van der Waals surface area (Å²) in [7, 11) is 0. The van der Waals surface area contributed by atoms with Crippen molar-refractivity contribution < 1.29 is 4.79 Å². The summed E-state index contributed by atoms with van der Waals surface area (Å²) in [6.07, 6.45) is 4.89. The Morgan fingerprint density at radius 1 is 1.80 bits per heavy atom. The lowest BCUT2D eigenvalue weighted by Crippen LogP contribution is -1.87. The van der Waals surface area contributed by atoms with E-state index in [0.29, 0.717) is 4.88 Å². The van der Waals surface area contributed by atoms with Crippen LogP contribution in [0.25, 0.3) is 0 Å². The highest BCUT2D eigenvalue weighted by molar-refractivity contribution is 7.08. The zero-order valence-corrected chi connectivity index (χ0v) is 6.39. The first kappa shape index (κ1) is 7.15. The molecule has 1 aromatic heterocycles. The van der Waals surface area contributed by atoms with Gasteiger partial charge in [0.05, 0.1) is 4.88 Å². The molecule has 0 aliphatic heterocycles. The zero-order valence-electron chi connectivity index (χ0n) is 5.57. The average Bonchev–Trinajstić information content (AvgIpc) is 2.38. The average molecular weight is 153 g/mol. The highest BCUT2D eigenvalue weighted by Crippen LogP contribution is 2.05. The molecular weight excluding hydrogens is 146 g/mol. The van der Waals surface area contributed by atoms with Gasteiger partial charge in [-0.3, -0.25) is 4.79 Å². The van der Waals surface area contributed by atoms with Gasteiger partial charge in [-0.05, 0) is 30.6 Å². The second-order valence-corrected chi connectivity index (χ2v) is 2.57. The van der Waals surface area contributed by atoms with Crippen molar-refractivity contribution in [3.63, 3.8) is 0 Å². The van der Waals surface area contributed by atoms with Crippen LogP contribution in [-0.4, -0.2) is 10.2 Å². The molecule has 0 aromatic carbocycles. The van der Waals surface area contributed by atoms with E-state index in [9.17, 15) is 4.79 Å². The smallest absolute Gasteiger partial charge is 0.197 e. The van der Waals surface area contributed by atoms with Crippen LogP contribution < -0.4 is 0 Å². The molecule has 0 unspecified atom stereocenters. The minimum atomic E-state index is 0.0324. The van der Waals surface area contributed by atoms with Crippen molar-refractivity contribution in [3.05, 3.63) is 29.3 Å². The first-order valence-electron chi connectivity index (χ1n) is 2.92. The molecule has 52 valence electrons. The van der Waals surface area contributed by atoms with Crippen LogP contribution in [0.2, 0.25) is 0 Å². The zero-order chi connectivity index (χ0) is 7.40. The van der Waals surface area contributed by atoms with Crippen molar-refractivity contribution in [2.45, 2.75) is 6.92 Å². The predicted octanol–water partition coefficient (Wildman–Crippen LogP) is 1.90. The lowest BCUT2D eigenvalue weighted by molar-refractivity contribution is 0.105. The Hall–Kier alpha value is -0.960. The van der Waals surface area contributed by atoms with Crippen LogP contribution in [-0.2, 0) is 0 Å². The molecule has 1 aromatic rings. The molecule has 0 aliphatic carbocycles. The lowest BCUT2D eigenvalue weighted by atomic mass is 10.3. The summed E-state index contributed by atoms with van der Waals surface area (Å²) in [4.78, 5) is 11.7. The Morgan fingerprint density at radius 2 is 2.60 bits per heavy atom. The maximum atomic E-state index is 11.0. The predicted molar refractivity (Wildman–Crippen MR) is 41.3 cm³/mol. The van der Waals surface area contributed by atoms with Crippen LogP contribution >= 0.6 is 11.5 Å². The third-order valence-electron chi connectivity index (χ3n) is 0.999. The van der Waals surface area contributed by atoms with Crippen molar-refractivity contribution in [3.8, 4) is 0 Å². The number of rotatable bonds is 2. The first-order valence-corrected chi connectivity index (χ1v) is 3.69. The fraction of sp³-hybridized carbons (Fsp3) is 0.143. The molecule has 0 spiro atoms. The van der Waals surface area contributed by atoms with Gasteiger partial charge in [-0.15, -0.1) is 0 Å². The number of carbonyl (C=O) groups is 1. The second kappa shape index (κ2) is 3.27. The quantitative estimate of drug-likeness (QED) is 0.480. The fourth-order valence-corrected chi connectivity index (χ4v) is 1.09. The van der Waals surface area contributed by atoms with Crippen LogP contribution in [0.5, 0.6) is 0 Å². The number of nitrogens with zero attached hydrogens (tertiary/aromatic N) is 1. The third kappa shape index (κ3) is 1.51. The van der Waals surface area contributed by atoms with Crippen molar-refractivity contribution in [2.75, 3.05) is 0 Å². The van der Waals surface area contributed by atoms with Gasteiger partial charge >= 0.3 is 0 Å². The number of carbonyl (C=O) groups excluding carboxylic acids is 1. The maximum Gasteiger partial charge on any atom is 0.197 e. The van der Waals surface area contributed by atoms with Crippen LogP contribution in [0.3, 0.4) is 0 Å². The molecule has 1 rings (SSSR count). The molecule has 0 N–H and O–H groups in total. The van der Waals surface area contributed by atoms with Crippen molar-refractivity contribution in [2.24, 2.45) is 0 Å². The van der Waals surface area contributed by atoms with Crippen LogP contribution in [0.1, 0.15) is 16.6 Å². The number of aromatic nitrogens is 1. The number of allylic oxidation sites excluding steroid dienone is 2. The normalized spacial score (nSPS) is 10.5. The molecule has 0 bridgehead atoms. The van der Waals surface area contributed by atoms with Gasteiger partial charge < -0.3 is 0 Å². The minimum absolute atomic E-state index is 0.0324. The third-order valence-corrected chi connectivity index (χ3v) is 1.76. The van der Waals surface area contributed by atoms with E-state index >= 15 is 0 Å². The summed E-state index contributed by atoms with van der Waals surface area (Å²) in [6.45, 7) is 1.82. The Morgan fingerprint density at radius 3 is 3.10 bits per heavy atom. The van der Waals surface area contributed by atoms with Crippen LogP contribution in [0, 0.1) is 0 Å². The maximum absolute atomic E-state index is 11.0. The molecule has 3 heteroatoms. The highest BCUT2D eigenvalue weighted by Gasteiger charge is 2.00. The van der Waals surface area contributed by atoms with Crippen molar-refractivity contribution in [1.29, 1.82) is 0 Å². The molecular formula is C7H7NOS. The minimum Gasteiger partial charge on any atom is -0.288 e. The monoisotopic (exact) mass is 153 g/mol. The SMILES string of the molecule is C/C=C/C(=O)c1ccns1. The molecule has 0 aliphatic rings. The number of hydrogen-bond acceptors (Lipinski definition) is 3. The largest absolute Gasteiger partial charge is 0.288 e. The van der Waals surface area contributed by atoms with E-state index in [0.717, 1.165) is 0 Å². The van der Waals surface area contributed by atoms with Gasteiger partial charge in [0.15, 0.2) is 5.78 Å². The molecule has 0 saturated heterocycles. The molecule has 1 heterocycles. The van der Waals surface area contributed by atoms with Gasteiger partial charge in [0.25, 0.3) is 0 Å². The molecule has 0 fully saturated rings. The van der Waals surface area contributed by atoms with Gasteiger partial charge in [0, 0.05) is 6.20 Å². The van der Waals surface area contributed by atoms with Gasteiger partial charge in [-0.25, -0.2) is 4.37 Å².